The molecule has 1 nitrogen and oxygen atoms in total. The fourth-order valence-corrected chi connectivity index (χ4v) is 2.50. The Labute approximate surface area is 68.9 Å². The van der Waals surface area contributed by atoms with Gasteiger partial charge in [-0.15, -0.1) is 0 Å². The van der Waals surface area contributed by atoms with E-state index in [4.69, 9.17) is 0 Å². The van der Waals surface area contributed by atoms with Crippen molar-refractivity contribution in [2.24, 2.45) is 5.92 Å². The Morgan fingerprint density at radius 3 is 3.00 bits per heavy atom. The molecule has 1 fully saturated rings. The van der Waals surface area contributed by atoms with E-state index in [1.165, 1.54) is 38.5 Å². The van der Waals surface area contributed by atoms with Crippen LogP contribution in [0, 0.1) is 5.92 Å². The fourth-order valence-electron chi connectivity index (χ4n) is 2.50. The van der Waals surface area contributed by atoms with E-state index in [9.17, 15) is 0 Å². The Kier molecular flexibility index (Phi) is 1.89. The van der Waals surface area contributed by atoms with E-state index in [1.54, 1.807) is 11.3 Å². The third-order valence-electron chi connectivity index (χ3n) is 3.16. The van der Waals surface area contributed by atoms with Gasteiger partial charge < -0.3 is 5.32 Å². The van der Waals surface area contributed by atoms with E-state index in [0.717, 1.165) is 5.92 Å². The lowest BCUT2D eigenvalue weighted by molar-refractivity contribution is 0.361. The van der Waals surface area contributed by atoms with Crippen LogP contribution in [0.5, 0.6) is 0 Å². The minimum atomic E-state index is 1.04. The zero-order valence-corrected chi connectivity index (χ0v) is 7.32. The van der Waals surface area contributed by atoms with Gasteiger partial charge in [-0.2, -0.15) is 0 Å². The summed E-state index contributed by atoms with van der Waals surface area (Å²) in [5, 5.41) is 3.34. The van der Waals surface area contributed by atoms with Crippen LogP contribution in [0.1, 0.15) is 38.5 Å². The third kappa shape index (κ3) is 1.29. The molecule has 1 unspecified atom stereocenters. The summed E-state index contributed by atoms with van der Waals surface area (Å²) in [5.74, 6) is 1.04. The Morgan fingerprint density at radius 1 is 1.27 bits per heavy atom. The van der Waals surface area contributed by atoms with Crippen molar-refractivity contribution in [3.8, 4) is 0 Å². The molecule has 0 radical (unpaired) electrons. The van der Waals surface area contributed by atoms with Crippen LogP contribution >= 0.6 is 0 Å². The van der Waals surface area contributed by atoms with Crippen molar-refractivity contribution in [3.63, 3.8) is 0 Å². The van der Waals surface area contributed by atoms with E-state index in [2.05, 4.69) is 12.4 Å². The second kappa shape index (κ2) is 2.88. The van der Waals surface area contributed by atoms with Crippen LogP contribution in [-0.4, -0.2) is 7.05 Å². The molecule has 0 aliphatic heterocycles. The number of allylic oxidation sites excluding steroid dienone is 2. The summed E-state index contributed by atoms with van der Waals surface area (Å²) < 4.78 is 0. The largest absolute Gasteiger partial charge is 0.391 e. The fraction of sp³-hybridized carbons (Fsp3) is 0.800. The smallest absolute Gasteiger partial charge is 0.00961 e. The Hall–Kier alpha value is -0.460. The van der Waals surface area contributed by atoms with Crippen LogP contribution in [0.15, 0.2) is 11.3 Å². The zero-order chi connectivity index (χ0) is 7.68. The first kappa shape index (κ1) is 7.20. The van der Waals surface area contributed by atoms with Crippen LogP contribution < -0.4 is 5.32 Å². The highest BCUT2D eigenvalue weighted by Crippen LogP contribution is 2.38. The maximum Gasteiger partial charge on any atom is 0.00961 e. The van der Waals surface area contributed by atoms with Crippen LogP contribution in [0.25, 0.3) is 0 Å². The van der Waals surface area contributed by atoms with Crippen molar-refractivity contribution in [1.82, 2.24) is 5.32 Å². The molecule has 0 spiro atoms. The maximum atomic E-state index is 3.34. The second-order valence-electron chi connectivity index (χ2n) is 3.83. The van der Waals surface area contributed by atoms with Crippen molar-refractivity contribution < 1.29 is 0 Å². The second-order valence-corrected chi connectivity index (χ2v) is 3.83. The molecule has 0 amide bonds. The van der Waals surface area contributed by atoms with Crippen molar-refractivity contribution in [2.75, 3.05) is 7.05 Å². The molecule has 2 rings (SSSR count). The van der Waals surface area contributed by atoms with E-state index in [1.807, 2.05) is 0 Å². The molecular formula is C10H17N. The van der Waals surface area contributed by atoms with E-state index in [-0.39, 0.29) is 0 Å². The van der Waals surface area contributed by atoms with Gasteiger partial charge in [0.05, 0.1) is 0 Å². The van der Waals surface area contributed by atoms with Gasteiger partial charge in [0, 0.05) is 12.7 Å². The van der Waals surface area contributed by atoms with Crippen LogP contribution in [0.2, 0.25) is 0 Å². The summed E-state index contributed by atoms with van der Waals surface area (Å²) in [5.41, 5.74) is 3.29. The first-order valence-corrected chi connectivity index (χ1v) is 4.79. The average Bonchev–Trinajstić information content (AvgIpc) is 2.06. The number of rotatable bonds is 1. The molecule has 2 bridgehead atoms. The summed E-state index contributed by atoms with van der Waals surface area (Å²) in [6.07, 6.45) is 8.44. The molecule has 11 heavy (non-hydrogen) atoms. The first-order chi connectivity index (χ1) is 5.40. The summed E-state index contributed by atoms with van der Waals surface area (Å²) in [6.45, 7) is 0. The van der Waals surface area contributed by atoms with Gasteiger partial charge in [-0.1, -0.05) is 5.57 Å². The molecule has 0 saturated heterocycles. The Morgan fingerprint density at radius 2 is 2.18 bits per heavy atom. The third-order valence-corrected chi connectivity index (χ3v) is 3.16. The van der Waals surface area contributed by atoms with Gasteiger partial charge in [0.2, 0.25) is 0 Å². The summed E-state index contributed by atoms with van der Waals surface area (Å²) in [7, 11) is 2.07. The molecule has 1 atom stereocenters. The maximum absolute atomic E-state index is 3.34. The normalized spacial score (nSPS) is 30.5. The van der Waals surface area contributed by atoms with Gasteiger partial charge in [-0.3, -0.25) is 0 Å². The van der Waals surface area contributed by atoms with E-state index in [0.29, 0.717) is 0 Å². The lowest BCUT2D eigenvalue weighted by Gasteiger charge is -2.31. The minimum absolute atomic E-state index is 1.04. The van der Waals surface area contributed by atoms with Gasteiger partial charge in [0.1, 0.15) is 0 Å². The quantitative estimate of drug-likeness (QED) is 0.607. The predicted molar refractivity (Wildman–Crippen MR) is 47.3 cm³/mol. The first-order valence-electron chi connectivity index (χ1n) is 4.79. The number of hydrogen-bond acceptors (Lipinski definition) is 1. The van der Waals surface area contributed by atoms with E-state index < -0.39 is 0 Å². The SMILES string of the molecule is CNC1=C2CCCC(CC1)C2. The molecule has 1 saturated carbocycles. The summed E-state index contributed by atoms with van der Waals surface area (Å²) >= 11 is 0. The molecule has 1 heteroatoms. The monoisotopic (exact) mass is 151 g/mol. The highest BCUT2D eigenvalue weighted by Gasteiger charge is 2.23. The van der Waals surface area contributed by atoms with Gasteiger partial charge in [-0.25, -0.2) is 0 Å². The molecule has 0 aromatic rings. The number of nitrogens with one attached hydrogen (secondary N) is 1. The molecular weight excluding hydrogens is 134 g/mol. The molecule has 0 aromatic carbocycles. The lowest BCUT2D eigenvalue weighted by Crippen LogP contribution is -2.21. The van der Waals surface area contributed by atoms with Gasteiger partial charge in [0.25, 0.3) is 0 Å². The topological polar surface area (TPSA) is 12.0 Å². The lowest BCUT2D eigenvalue weighted by atomic mass is 9.77. The molecule has 2 aliphatic carbocycles. The van der Waals surface area contributed by atoms with Crippen molar-refractivity contribution in [3.05, 3.63) is 11.3 Å². The zero-order valence-electron chi connectivity index (χ0n) is 7.32. The average molecular weight is 151 g/mol. The Bertz CT molecular complexity index is 181. The Balaban J connectivity index is 2.17. The molecule has 62 valence electrons. The van der Waals surface area contributed by atoms with E-state index >= 15 is 0 Å². The van der Waals surface area contributed by atoms with Gasteiger partial charge in [-0.05, 0) is 44.4 Å². The van der Waals surface area contributed by atoms with Gasteiger partial charge >= 0.3 is 0 Å². The summed E-state index contributed by atoms with van der Waals surface area (Å²) in [6, 6.07) is 0. The van der Waals surface area contributed by atoms with Crippen LogP contribution in [0.4, 0.5) is 0 Å². The van der Waals surface area contributed by atoms with Crippen molar-refractivity contribution in [1.29, 1.82) is 0 Å². The molecule has 0 aromatic heterocycles. The highest BCUT2D eigenvalue weighted by molar-refractivity contribution is 5.18. The number of hydrogen-bond donors (Lipinski definition) is 1. The van der Waals surface area contributed by atoms with Crippen LogP contribution in [0.3, 0.4) is 0 Å². The minimum Gasteiger partial charge on any atom is -0.391 e. The standard InChI is InChI=1S/C10H17N/c1-11-10-6-5-8-3-2-4-9(10)7-8/h8,11H,2-7H2,1H3. The summed E-state index contributed by atoms with van der Waals surface area (Å²) in [4.78, 5) is 0. The van der Waals surface area contributed by atoms with Crippen LogP contribution in [-0.2, 0) is 0 Å². The van der Waals surface area contributed by atoms with Gasteiger partial charge in [0.15, 0.2) is 0 Å². The van der Waals surface area contributed by atoms with Crippen molar-refractivity contribution >= 4 is 0 Å². The van der Waals surface area contributed by atoms with Crippen molar-refractivity contribution in [2.45, 2.75) is 38.5 Å². The predicted octanol–water partition coefficient (Wildman–Crippen LogP) is 2.44. The highest BCUT2D eigenvalue weighted by atomic mass is 14.8. The molecule has 2 aliphatic rings. The number of fused-ring (bicyclic) bond motifs is 2. The molecule has 1 N–H and O–H groups in total. The molecule has 0 heterocycles.